The number of aryl methyl sites for hydroxylation is 1. The largest absolute Gasteiger partial charge is 0.469 e. The number of nitro benzene ring substituents is 1. The maximum Gasteiger partial charge on any atom is 0.310 e. The van der Waals surface area contributed by atoms with Gasteiger partial charge in [-0.15, -0.1) is 0 Å². The van der Waals surface area contributed by atoms with Gasteiger partial charge in [0.05, 0.1) is 18.5 Å². The Labute approximate surface area is 101 Å². The van der Waals surface area contributed by atoms with E-state index in [9.17, 15) is 14.9 Å². The summed E-state index contributed by atoms with van der Waals surface area (Å²) in [6.45, 7) is 1.72. The van der Waals surface area contributed by atoms with Crippen LogP contribution in [0.25, 0.3) is 0 Å². The van der Waals surface area contributed by atoms with Gasteiger partial charge in [0, 0.05) is 16.1 Å². The van der Waals surface area contributed by atoms with Crippen LogP contribution in [-0.4, -0.2) is 18.0 Å². The number of nitrogens with zero attached hydrogens (tertiary/aromatic N) is 1. The normalized spacial score (nSPS) is 9.94. The van der Waals surface area contributed by atoms with Gasteiger partial charge < -0.3 is 4.74 Å². The maximum atomic E-state index is 11.1. The lowest BCUT2D eigenvalue weighted by Gasteiger charge is -2.06. The first kappa shape index (κ1) is 12.6. The number of carbonyl (C=O) groups excluding carboxylic acids is 1. The average molecular weight is 288 g/mol. The number of rotatable bonds is 3. The molecule has 5 nitrogen and oxygen atoms in total. The zero-order chi connectivity index (χ0) is 12.3. The molecule has 1 aromatic carbocycles. The number of nitro groups is 1. The Hall–Kier alpha value is -1.43. The molecule has 1 aromatic rings. The number of benzene rings is 1. The fourth-order valence-corrected chi connectivity index (χ4v) is 1.92. The predicted molar refractivity (Wildman–Crippen MR) is 61.3 cm³/mol. The molecule has 0 amide bonds. The lowest BCUT2D eigenvalue weighted by molar-refractivity contribution is -0.385. The third-order valence-corrected chi connectivity index (χ3v) is 2.62. The molecule has 86 valence electrons. The number of halogens is 1. The zero-order valence-electron chi connectivity index (χ0n) is 8.82. The van der Waals surface area contributed by atoms with Crippen LogP contribution in [0, 0.1) is 17.0 Å². The summed E-state index contributed by atoms with van der Waals surface area (Å²) >= 11 is 3.18. The Kier molecular flexibility index (Phi) is 4.00. The van der Waals surface area contributed by atoms with E-state index in [-0.39, 0.29) is 12.1 Å². The van der Waals surface area contributed by atoms with Crippen molar-refractivity contribution in [2.24, 2.45) is 0 Å². The second kappa shape index (κ2) is 5.07. The fraction of sp³-hybridized carbons (Fsp3) is 0.300. The van der Waals surface area contributed by atoms with Crippen molar-refractivity contribution in [2.75, 3.05) is 7.11 Å². The summed E-state index contributed by atoms with van der Waals surface area (Å²) in [6, 6.07) is 3.11. The van der Waals surface area contributed by atoms with E-state index in [2.05, 4.69) is 20.7 Å². The molecule has 0 aromatic heterocycles. The van der Waals surface area contributed by atoms with E-state index in [1.54, 1.807) is 13.0 Å². The van der Waals surface area contributed by atoms with E-state index in [0.29, 0.717) is 15.6 Å². The van der Waals surface area contributed by atoms with Gasteiger partial charge in [-0.3, -0.25) is 14.9 Å². The molecule has 0 saturated carbocycles. The van der Waals surface area contributed by atoms with Crippen molar-refractivity contribution >= 4 is 27.6 Å². The fourth-order valence-electron chi connectivity index (χ4n) is 1.36. The summed E-state index contributed by atoms with van der Waals surface area (Å²) in [4.78, 5) is 21.5. The Balaban J connectivity index is 3.24. The third kappa shape index (κ3) is 2.79. The molecule has 0 saturated heterocycles. The van der Waals surface area contributed by atoms with Crippen LogP contribution in [-0.2, 0) is 16.0 Å². The maximum absolute atomic E-state index is 11.1. The topological polar surface area (TPSA) is 69.4 Å². The summed E-state index contributed by atoms with van der Waals surface area (Å²) in [7, 11) is 1.25. The van der Waals surface area contributed by atoms with Gasteiger partial charge in [-0.25, -0.2) is 0 Å². The van der Waals surface area contributed by atoms with Crippen LogP contribution in [0.2, 0.25) is 0 Å². The summed E-state index contributed by atoms with van der Waals surface area (Å²) in [5, 5.41) is 10.8. The number of carbonyl (C=O) groups is 1. The molecule has 0 unspecified atom stereocenters. The molecule has 1 rings (SSSR count). The molecular formula is C10H10BrNO4. The minimum absolute atomic E-state index is 0.0720. The molecule has 16 heavy (non-hydrogen) atoms. The molecule has 6 heteroatoms. The van der Waals surface area contributed by atoms with E-state index >= 15 is 0 Å². The Morgan fingerprint density at radius 3 is 2.69 bits per heavy atom. The van der Waals surface area contributed by atoms with Crippen LogP contribution < -0.4 is 0 Å². The molecule has 0 atom stereocenters. The highest BCUT2D eigenvalue weighted by molar-refractivity contribution is 9.10. The molecule has 0 spiro atoms. The monoisotopic (exact) mass is 287 g/mol. The van der Waals surface area contributed by atoms with Crippen LogP contribution in [0.4, 0.5) is 5.69 Å². The van der Waals surface area contributed by atoms with Crippen molar-refractivity contribution < 1.29 is 14.5 Å². The van der Waals surface area contributed by atoms with Gasteiger partial charge in [-0.1, -0.05) is 15.9 Å². The van der Waals surface area contributed by atoms with Crippen LogP contribution in [0.15, 0.2) is 16.6 Å². The highest BCUT2D eigenvalue weighted by Gasteiger charge is 2.19. The van der Waals surface area contributed by atoms with Crippen molar-refractivity contribution in [1.29, 1.82) is 0 Å². The second-order valence-electron chi connectivity index (χ2n) is 3.23. The first-order valence-corrected chi connectivity index (χ1v) is 5.25. The van der Waals surface area contributed by atoms with Crippen molar-refractivity contribution in [3.63, 3.8) is 0 Å². The van der Waals surface area contributed by atoms with E-state index in [4.69, 9.17) is 0 Å². The minimum Gasteiger partial charge on any atom is -0.469 e. The van der Waals surface area contributed by atoms with Crippen LogP contribution in [0.1, 0.15) is 11.1 Å². The van der Waals surface area contributed by atoms with Gasteiger partial charge in [0.15, 0.2) is 0 Å². The highest BCUT2D eigenvalue weighted by Crippen LogP contribution is 2.27. The van der Waals surface area contributed by atoms with Gasteiger partial charge in [0.25, 0.3) is 5.69 Å². The molecule has 0 bridgehead atoms. The van der Waals surface area contributed by atoms with Crippen LogP contribution in [0.5, 0.6) is 0 Å². The Morgan fingerprint density at radius 2 is 2.19 bits per heavy atom. The first-order valence-electron chi connectivity index (χ1n) is 4.46. The van der Waals surface area contributed by atoms with Crippen molar-refractivity contribution in [3.8, 4) is 0 Å². The summed E-state index contributed by atoms with van der Waals surface area (Å²) < 4.78 is 5.12. The minimum atomic E-state index is -0.504. The number of hydrogen-bond donors (Lipinski definition) is 0. The smallest absolute Gasteiger partial charge is 0.310 e. The lowest BCUT2D eigenvalue weighted by Crippen LogP contribution is -2.08. The molecule has 0 fully saturated rings. The van der Waals surface area contributed by atoms with Crippen LogP contribution in [0.3, 0.4) is 0 Å². The standard InChI is InChI=1S/C10H10BrNO4/c1-6-3-7(11)4-9(12(14)15)8(6)5-10(13)16-2/h3-4H,5H2,1-2H3. The van der Waals surface area contributed by atoms with Gasteiger partial charge in [0.2, 0.25) is 0 Å². The van der Waals surface area contributed by atoms with Crippen molar-refractivity contribution in [1.82, 2.24) is 0 Å². The number of esters is 1. The highest BCUT2D eigenvalue weighted by atomic mass is 79.9. The quantitative estimate of drug-likeness (QED) is 0.486. The van der Waals surface area contributed by atoms with Gasteiger partial charge in [0.1, 0.15) is 0 Å². The van der Waals surface area contributed by atoms with Gasteiger partial charge in [-0.05, 0) is 18.6 Å². The summed E-state index contributed by atoms with van der Waals surface area (Å²) in [6.07, 6.45) is -0.0913. The van der Waals surface area contributed by atoms with E-state index in [1.807, 2.05) is 0 Å². The molecule has 0 aliphatic carbocycles. The molecule has 0 N–H and O–H groups in total. The molecular weight excluding hydrogens is 278 g/mol. The van der Waals surface area contributed by atoms with Gasteiger partial charge in [-0.2, -0.15) is 0 Å². The summed E-state index contributed by atoms with van der Waals surface area (Å²) in [5.74, 6) is -0.492. The molecule has 0 aliphatic heterocycles. The molecule has 0 heterocycles. The number of ether oxygens (including phenoxy) is 1. The lowest BCUT2D eigenvalue weighted by atomic mass is 10.0. The van der Waals surface area contributed by atoms with E-state index in [1.165, 1.54) is 13.2 Å². The predicted octanol–water partition coefficient (Wildman–Crippen LogP) is 2.38. The van der Waals surface area contributed by atoms with Crippen molar-refractivity contribution in [3.05, 3.63) is 37.8 Å². The second-order valence-corrected chi connectivity index (χ2v) is 4.15. The van der Waals surface area contributed by atoms with Gasteiger partial charge >= 0.3 is 5.97 Å². The van der Waals surface area contributed by atoms with E-state index in [0.717, 1.165) is 0 Å². The van der Waals surface area contributed by atoms with E-state index < -0.39 is 10.9 Å². The van der Waals surface area contributed by atoms with Crippen molar-refractivity contribution in [2.45, 2.75) is 13.3 Å². The number of hydrogen-bond acceptors (Lipinski definition) is 4. The third-order valence-electron chi connectivity index (χ3n) is 2.16. The van der Waals surface area contributed by atoms with Crippen LogP contribution >= 0.6 is 15.9 Å². The number of methoxy groups -OCH3 is 1. The first-order chi connectivity index (χ1) is 7.45. The SMILES string of the molecule is COC(=O)Cc1c(C)cc(Br)cc1[N+](=O)[O-]. The molecule has 0 aliphatic rings. The Bertz CT molecular complexity index is 445. The average Bonchev–Trinajstić information content (AvgIpc) is 2.20. The molecule has 0 radical (unpaired) electrons. The summed E-state index contributed by atoms with van der Waals surface area (Å²) in [5.41, 5.74) is 1.00. The zero-order valence-corrected chi connectivity index (χ0v) is 10.4. The Morgan fingerprint density at radius 1 is 1.56 bits per heavy atom.